The first-order valence-electron chi connectivity index (χ1n) is 6.80. The normalized spacial score (nSPS) is 11.1. The molecule has 0 radical (unpaired) electrons. The van der Waals surface area contributed by atoms with E-state index in [0.29, 0.717) is 5.88 Å². The Bertz CT molecular complexity index is 716. The number of benzene rings is 1. The van der Waals surface area contributed by atoms with E-state index in [9.17, 15) is 0 Å². The highest BCUT2D eigenvalue weighted by atomic mass is 35.5. The van der Waals surface area contributed by atoms with Crippen LogP contribution in [0, 0.1) is 0 Å². The molecule has 0 spiro atoms. The Morgan fingerprint density at radius 1 is 1.15 bits per heavy atom. The van der Waals surface area contributed by atoms with Gasteiger partial charge in [0.15, 0.2) is 0 Å². The lowest BCUT2D eigenvalue weighted by Gasteiger charge is -2.09. The fourth-order valence-electron chi connectivity index (χ4n) is 2.40. The predicted molar refractivity (Wildman–Crippen MR) is 82.7 cm³/mol. The summed E-state index contributed by atoms with van der Waals surface area (Å²) in [6, 6.07) is 10.6. The summed E-state index contributed by atoms with van der Waals surface area (Å²) in [5.41, 5.74) is 4.44. The van der Waals surface area contributed by atoms with Gasteiger partial charge in [0, 0.05) is 24.2 Å². The van der Waals surface area contributed by atoms with E-state index in [1.807, 2.05) is 6.07 Å². The van der Waals surface area contributed by atoms with E-state index in [4.69, 9.17) is 11.6 Å². The third kappa shape index (κ3) is 2.29. The summed E-state index contributed by atoms with van der Waals surface area (Å²) in [5, 5.41) is 0. The maximum atomic E-state index is 5.90. The lowest BCUT2D eigenvalue weighted by atomic mass is 10.1. The van der Waals surface area contributed by atoms with Crippen molar-refractivity contribution in [3.05, 3.63) is 54.1 Å². The Hall–Kier alpha value is -1.87. The predicted octanol–water partition coefficient (Wildman–Crippen LogP) is 3.76. The van der Waals surface area contributed by atoms with Crippen molar-refractivity contribution in [1.29, 1.82) is 0 Å². The molecule has 1 aromatic carbocycles. The van der Waals surface area contributed by atoms with Gasteiger partial charge in [0.25, 0.3) is 0 Å². The molecule has 4 heteroatoms. The summed E-state index contributed by atoms with van der Waals surface area (Å²) >= 11 is 5.90. The SMILES string of the molecule is CCc1ccc(-n2c(CCCl)nc3cnccc32)cc1. The second-order valence-corrected chi connectivity index (χ2v) is 5.06. The number of imidazole rings is 1. The maximum absolute atomic E-state index is 5.90. The Kier molecular flexibility index (Phi) is 3.70. The number of aromatic nitrogens is 3. The van der Waals surface area contributed by atoms with E-state index < -0.39 is 0 Å². The first-order chi connectivity index (χ1) is 9.83. The lowest BCUT2D eigenvalue weighted by Crippen LogP contribution is -2.02. The number of nitrogens with zero attached hydrogens (tertiary/aromatic N) is 3. The van der Waals surface area contributed by atoms with Gasteiger partial charge in [-0.1, -0.05) is 19.1 Å². The largest absolute Gasteiger partial charge is 0.296 e. The number of halogens is 1. The first-order valence-corrected chi connectivity index (χ1v) is 7.33. The molecule has 0 fully saturated rings. The third-order valence-electron chi connectivity index (χ3n) is 3.45. The highest BCUT2D eigenvalue weighted by Gasteiger charge is 2.11. The van der Waals surface area contributed by atoms with Crippen molar-refractivity contribution in [3.8, 4) is 5.69 Å². The van der Waals surface area contributed by atoms with Crippen LogP contribution < -0.4 is 0 Å². The second-order valence-electron chi connectivity index (χ2n) is 4.69. The van der Waals surface area contributed by atoms with Crippen molar-refractivity contribution >= 4 is 22.6 Å². The van der Waals surface area contributed by atoms with Gasteiger partial charge in [-0.3, -0.25) is 9.55 Å². The molecule has 0 atom stereocenters. The Balaban J connectivity index is 2.18. The summed E-state index contributed by atoms with van der Waals surface area (Å²) < 4.78 is 2.17. The standard InChI is InChI=1S/C16H16ClN3/c1-2-12-3-5-13(6-4-12)20-15-8-10-18-11-14(15)19-16(20)7-9-17/h3-6,8,10-11H,2,7,9H2,1H3. The number of pyridine rings is 1. The highest BCUT2D eigenvalue weighted by Crippen LogP contribution is 2.22. The van der Waals surface area contributed by atoms with Crippen LogP contribution in [-0.4, -0.2) is 20.4 Å². The molecule has 0 amide bonds. The van der Waals surface area contributed by atoms with Crippen LogP contribution >= 0.6 is 11.6 Å². The molecule has 2 heterocycles. The van der Waals surface area contributed by atoms with Crippen LogP contribution in [0.5, 0.6) is 0 Å². The van der Waals surface area contributed by atoms with Crippen LogP contribution in [0.15, 0.2) is 42.7 Å². The van der Waals surface area contributed by atoms with Gasteiger partial charge in [0.05, 0.1) is 11.7 Å². The lowest BCUT2D eigenvalue weighted by molar-refractivity contribution is 0.911. The van der Waals surface area contributed by atoms with Gasteiger partial charge in [0.2, 0.25) is 0 Å². The number of hydrogen-bond donors (Lipinski definition) is 0. The first kappa shape index (κ1) is 13.1. The molecule has 0 bridgehead atoms. The van der Waals surface area contributed by atoms with Crippen LogP contribution in [0.1, 0.15) is 18.3 Å². The minimum absolute atomic E-state index is 0.559. The smallest absolute Gasteiger partial charge is 0.115 e. The van der Waals surface area contributed by atoms with Crippen molar-refractivity contribution in [2.45, 2.75) is 19.8 Å². The molecule has 102 valence electrons. The number of rotatable bonds is 4. The van der Waals surface area contributed by atoms with Gasteiger partial charge in [-0.25, -0.2) is 4.98 Å². The van der Waals surface area contributed by atoms with E-state index in [1.54, 1.807) is 12.4 Å². The third-order valence-corrected chi connectivity index (χ3v) is 3.64. The van der Waals surface area contributed by atoms with Crippen molar-refractivity contribution in [3.63, 3.8) is 0 Å². The fraction of sp³-hybridized carbons (Fsp3) is 0.250. The monoisotopic (exact) mass is 285 g/mol. The van der Waals surface area contributed by atoms with Crippen LogP contribution in [0.4, 0.5) is 0 Å². The van der Waals surface area contributed by atoms with Crippen LogP contribution in [-0.2, 0) is 12.8 Å². The summed E-state index contributed by atoms with van der Waals surface area (Å²) in [6.07, 6.45) is 5.38. The Morgan fingerprint density at radius 3 is 2.65 bits per heavy atom. The molecule has 3 aromatic rings. The van der Waals surface area contributed by atoms with Gasteiger partial charge in [-0.15, -0.1) is 11.6 Å². The topological polar surface area (TPSA) is 30.7 Å². The van der Waals surface area contributed by atoms with E-state index in [-0.39, 0.29) is 0 Å². The molecular formula is C16H16ClN3. The van der Waals surface area contributed by atoms with E-state index in [2.05, 4.69) is 45.7 Å². The molecule has 0 aliphatic rings. The van der Waals surface area contributed by atoms with Crippen LogP contribution in [0.3, 0.4) is 0 Å². The van der Waals surface area contributed by atoms with Crippen molar-refractivity contribution in [1.82, 2.24) is 14.5 Å². The molecule has 3 rings (SSSR count). The van der Waals surface area contributed by atoms with Crippen molar-refractivity contribution in [2.75, 3.05) is 5.88 Å². The molecule has 3 nitrogen and oxygen atoms in total. The van der Waals surface area contributed by atoms with E-state index >= 15 is 0 Å². The number of fused-ring (bicyclic) bond motifs is 1. The van der Waals surface area contributed by atoms with Crippen LogP contribution in [0.2, 0.25) is 0 Å². The molecule has 0 saturated carbocycles. The van der Waals surface area contributed by atoms with E-state index in [1.165, 1.54) is 5.56 Å². The van der Waals surface area contributed by atoms with Gasteiger partial charge < -0.3 is 0 Å². The second kappa shape index (κ2) is 5.63. The zero-order chi connectivity index (χ0) is 13.9. The van der Waals surface area contributed by atoms with Gasteiger partial charge >= 0.3 is 0 Å². The van der Waals surface area contributed by atoms with Crippen molar-refractivity contribution < 1.29 is 0 Å². The Labute approximate surface area is 123 Å². The minimum atomic E-state index is 0.559. The Morgan fingerprint density at radius 2 is 1.95 bits per heavy atom. The minimum Gasteiger partial charge on any atom is -0.296 e. The highest BCUT2D eigenvalue weighted by molar-refractivity contribution is 6.17. The maximum Gasteiger partial charge on any atom is 0.115 e. The van der Waals surface area contributed by atoms with Crippen molar-refractivity contribution in [2.24, 2.45) is 0 Å². The molecule has 20 heavy (non-hydrogen) atoms. The molecule has 0 N–H and O–H groups in total. The number of alkyl halides is 1. The van der Waals surface area contributed by atoms with E-state index in [0.717, 1.165) is 35.4 Å². The zero-order valence-electron chi connectivity index (χ0n) is 11.4. The molecule has 0 aliphatic carbocycles. The average molecular weight is 286 g/mol. The molecular weight excluding hydrogens is 270 g/mol. The molecule has 2 aromatic heterocycles. The number of aryl methyl sites for hydroxylation is 2. The molecule has 0 aliphatic heterocycles. The summed E-state index contributed by atoms with van der Waals surface area (Å²) in [4.78, 5) is 8.78. The quantitative estimate of drug-likeness (QED) is 0.683. The molecule has 0 saturated heterocycles. The number of hydrogen-bond acceptors (Lipinski definition) is 2. The fourth-order valence-corrected chi connectivity index (χ4v) is 2.57. The zero-order valence-corrected chi connectivity index (χ0v) is 12.1. The van der Waals surface area contributed by atoms with Crippen LogP contribution in [0.25, 0.3) is 16.7 Å². The van der Waals surface area contributed by atoms with Gasteiger partial charge in [0.1, 0.15) is 11.3 Å². The molecule has 0 unspecified atom stereocenters. The average Bonchev–Trinajstić information content (AvgIpc) is 2.86. The summed E-state index contributed by atoms with van der Waals surface area (Å²) in [5.74, 6) is 1.54. The summed E-state index contributed by atoms with van der Waals surface area (Å²) in [7, 11) is 0. The van der Waals surface area contributed by atoms with Gasteiger partial charge in [-0.05, 0) is 30.2 Å². The van der Waals surface area contributed by atoms with Gasteiger partial charge in [-0.2, -0.15) is 0 Å². The summed E-state index contributed by atoms with van der Waals surface area (Å²) in [6.45, 7) is 2.16.